The second-order valence-electron chi connectivity index (χ2n) is 9.33. The van der Waals surface area contributed by atoms with Gasteiger partial charge in [0.1, 0.15) is 22.7 Å². The normalized spacial score (nSPS) is 12.1. The summed E-state index contributed by atoms with van der Waals surface area (Å²) in [6.45, 7) is 0. The van der Waals surface area contributed by atoms with Crippen LogP contribution in [0.15, 0.2) is 126 Å². The molecule has 6 aromatic carbocycles. The van der Waals surface area contributed by atoms with Gasteiger partial charge in [0.25, 0.3) is 0 Å². The Morgan fingerprint density at radius 2 is 1.19 bits per heavy atom. The molecule has 0 atom stereocenters. The molecule has 0 aliphatic carbocycles. The third-order valence-corrected chi connectivity index (χ3v) is 7.27. The zero-order valence-corrected chi connectivity index (χ0v) is 19.4. The van der Waals surface area contributed by atoms with Crippen molar-refractivity contribution in [2.45, 2.75) is 0 Å². The Morgan fingerprint density at radius 1 is 0.444 bits per heavy atom. The molecule has 0 saturated carbocycles. The average molecular weight is 461 g/mol. The van der Waals surface area contributed by atoms with Gasteiger partial charge in [0, 0.05) is 27.3 Å². The zero-order chi connectivity index (χ0) is 23.6. The van der Waals surface area contributed by atoms with Gasteiger partial charge in [0.2, 0.25) is 0 Å². The number of benzene rings is 6. The van der Waals surface area contributed by atoms with Crippen LogP contribution in [0.2, 0.25) is 0 Å². The van der Waals surface area contributed by atoms with Crippen molar-refractivity contribution in [3.05, 3.63) is 121 Å². The Bertz CT molecular complexity index is 1970. The maximum Gasteiger partial charge on any atom is 0.143 e. The number of hydrogen-bond donors (Lipinski definition) is 0. The van der Waals surface area contributed by atoms with Crippen LogP contribution >= 0.6 is 0 Å². The number of ether oxygens (including phenoxy) is 1. The summed E-state index contributed by atoms with van der Waals surface area (Å²) in [5, 5.41) is 4.66. The first-order valence-corrected chi connectivity index (χ1v) is 12.2. The fourth-order valence-corrected chi connectivity index (χ4v) is 5.58. The van der Waals surface area contributed by atoms with E-state index < -0.39 is 0 Å². The fraction of sp³-hybridized carbons (Fsp3) is 0. The van der Waals surface area contributed by atoms with E-state index in [9.17, 15) is 0 Å². The van der Waals surface area contributed by atoms with Crippen LogP contribution in [0.1, 0.15) is 0 Å². The van der Waals surface area contributed by atoms with Crippen LogP contribution in [0.25, 0.3) is 66.1 Å². The Kier molecular flexibility index (Phi) is 3.97. The van der Waals surface area contributed by atoms with E-state index in [0.717, 1.165) is 61.3 Å². The van der Waals surface area contributed by atoms with Gasteiger partial charge < -0.3 is 9.15 Å². The van der Waals surface area contributed by atoms with Gasteiger partial charge in [0.05, 0.1) is 0 Å². The first-order valence-electron chi connectivity index (χ1n) is 12.2. The van der Waals surface area contributed by atoms with E-state index in [2.05, 4.69) is 103 Å². The lowest BCUT2D eigenvalue weighted by atomic mass is 9.91. The van der Waals surface area contributed by atoms with E-state index in [4.69, 9.17) is 9.15 Å². The number of furan rings is 1. The average Bonchev–Trinajstić information content (AvgIpc) is 3.32. The van der Waals surface area contributed by atoms with Gasteiger partial charge in [0.15, 0.2) is 0 Å². The Hall–Kier alpha value is -4.82. The maximum absolute atomic E-state index is 6.31. The van der Waals surface area contributed by atoms with Crippen LogP contribution in [0, 0.1) is 0 Å². The Morgan fingerprint density at radius 3 is 2.17 bits per heavy atom. The molecule has 2 heterocycles. The lowest BCUT2D eigenvalue weighted by molar-refractivity contribution is 0.487. The second-order valence-corrected chi connectivity index (χ2v) is 9.33. The van der Waals surface area contributed by atoms with Gasteiger partial charge in [-0.3, -0.25) is 0 Å². The van der Waals surface area contributed by atoms with Crippen molar-refractivity contribution in [2.75, 3.05) is 0 Å². The highest BCUT2D eigenvalue weighted by molar-refractivity contribution is 6.09. The van der Waals surface area contributed by atoms with Crippen molar-refractivity contribution in [3.8, 4) is 44.9 Å². The van der Waals surface area contributed by atoms with E-state index in [1.165, 1.54) is 16.3 Å². The predicted octanol–water partition coefficient (Wildman–Crippen LogP) is 9.85. The number of hydrogen-bond acceptors (Lipinski definition) is 2. The smallest absolute Gasteiger partial charge is 0.143 e. The topological polar surface area (TPSA) is 22.4 Å². The van der Waals surface area contributed by atoms with E-state index in [1.54, 1.807) is 0 Å². The highest BCUT2D eigenvalue weighted by Crippen LogP contribution is 2.47. The molecule has 2 heteroatoms. The summed E-state index contributed by atoms with van der Waals surface area (Å²) in [5.74, 6) is 1.82. The number of rotatable bonds is 2. The molecule has 0 radical (unpaired) electrons. The van der Waals surface area contributed by atoms with Crippen LogP contribution in [-0.4, -0.2) is 0 Å². The number of para-hydroxylation sites is 2. The highest BCUT2D eigenvalue weighted by Gasteiger charge is 2.20. The van der Waals surface area contributed by atoms with Gasteiger partial charge in [-0.05, 0) is 58.0 Å². The molecular weight excluding hydrogens is 440 g/mol. The molecule has 0 bridgehead atoms. The summed E-state index contributed by atoms with van der Waals surface area (Å²) < 4.78 is 12.6. The van der Waals surface area contributed by atoms with Gasteiger partial charge >= 0.3 is 0 Å². The lowest BCUT2D eigenvalue weighted by Crippen LogP contribution is -1.97. The first-order chi connectivity index (χ1) is 17.8. The molecule has 0 fully saturated rings. The van der Waals surface area contributed by atoms with Crippen LogP contribution in [0.5, 0.6) is 11.5 Å². The van der Waals surface area contributed by atoms with Crippen LogP contribution in [0.3, 0.4) is 0 Å². The molecule has 0 N–H and O–H groups in total. The van der Waals surface area contributed by atoms with Crippen molar-refractivity contribution in [3.63, 3.8) is 0 Å². The summed E-state index contributed by atoms with van der Waals surface area (Å²) >= 11 is 0. The summed E-state index contributed by atoms with van der Waals surface area (Å²) in [7, 11) is 0. The van der Waals surface area contributed by atoms with E-state index in [0.29, 0.717) is 0 Å². The molecule has 0 spiro atoms. The summed E-state index contributed by atoms with van der Waals surface area (Å²) in [6, 6.07) is 42.5. The third kappa shape index (κ3) is 2.79. The van der Waals surface area contributed by atoms with E-state index in [-0.39, 0.29) is 0 Å². The molecule has 0 amide bonds. The molecule has 0 unspecified atom stereocenters. The standard InChI is InChI=1S/C34H20O2/c1-2-15-30-26(11-1)28-14-6-12-25(34(28)36-30)24-10-3-9-22(19-24)23-17-18-31-29(20-23)27-13-4-7-21-8-5-16-32(35-31)33(21)27/h1-20H. The lowest BCUT2D eigenvalue weighted by Gasteiger charge is -2.22. The molecule has 8 rings (SSSR count). The molecule has 36 heavy (non-hydrogen) atoms. The molecule has 0 saturated heterocycles. The van der Waals surface area contributed by atoms with Crippen molar-refractivity contribution in [2.24, 2.45) is 0 Å². The molecule has 7 aromatic rings. The molecular formula is C34H20O2. The fourth-order valence-electron chi connectivity index (χ4n) is 5.58. The largest absolute Gasteiger partial charge is 0.456 e. The predicted molar refractivity (Wildman–Crippen MR) is 148 cm³/mol. The quantitative estimate of drug-likeness (QED) is 0.256. The second kappa shape index (κ2) is 7.34. The Labute approximate surface area is 208 Å². The van der Waals surface area contributed by atoms with Crippen molar-refractivity contribution in [1.82, 2.24) is 0 Å². The van der Waals surface area contributed by atoms with Crippen molar-refractivity contribution < 1.29 is 9.15 Å². The summed E-state index contributed by atoms with van der Waals surface area (Å²) in [5.41, 5.74) is 8.75. The van der Waals surface area contributed by atoms with Gasteiger partial charge in [-0.2, -0.15) is 0 Å². The van der Waals surface area contributed by atoms with E-state index in [1.807, 2.05) is 18.2 Å². The Balaban J connectivity index is 1.28. The first kappa shape index (κ1) is 19.5. The summed E-state index contributed by atoms with van der Waals surface area (Å²) in [4.78, 5) is 0. The molecule has 2 nitrogen and oxygen atoms in total. The minimum atomic E-state index is 0.896. The van der Waals surface area contributed by atoms with Crippen LogP contribution in [-0.2, 0) is 0 Å². The molecule has 1 aliphatic heterocycles. The number of fused-ring (bicyclic) bond motifs is 5. The minimum Gasteiger partial charge on any atom is -0.456 e. The molecule has 168 valence electrons. The van der Waals surface area contributed by atoms with Gasteiger partial charge in [-0.1, -0.05) is 91.0 Å². The minimum absolute atomic E-state index is 0.896. The van der Waals surface area contributed by atoms with Gasteiger partial charge in [-0.25, -0.2) is 0 Å². The SMILES string of the molecule is c1cc(-c2ccc3c(c2)-c2cccc4cccc(c24)O3)cc(-c2cccc3c2oc2ccccc23)c1. The highest BCUT2D eigenvalue weighted by atomic mass is 16.5. The summed E-state index contributed by atoms with van der Waals surface area (Å²) in [6.07, 6.45) is 0. The zero-order valence-electron chi connectivity index (χ0n) is 19.4. The molecule has 1 aromatic heterocycles. The van der Waals surface area contributed by atoms with Gasteiger partial charge in [-0.15, -0.1) is 0 Å². The van der Waals surface area contributed by atoms with E-state index >= 15 is 0 Å². The molecule has 1 aliphatic rings. The van der Waals surface area contributed by atoms with Crippen molar-refractivity contribution >= 4 is 32.7 Å². The maximum atomic E-state index is 6.31. The van der Waals surface area contributed by atoms with Crippen molar-refractivity contribution in [1.29, 1.82) is 0 Å². The monoisotopic (exact) mass is 460 g/mol. The van der Waals surface area contributed by atoms with Crippen LogP contribution in [0.4, 0.5) is 0 Å². The third-order valence-electron chi connectivity index (χ3n) is 7.27. The van der Waals surface area contributed by atoms with Crippen LogP contribution < -0.4 is 4.74 Å².